The highest BCUT2D eigenvalue weighted by molar-refractivity contribution is 6.05. The van der Waals surface area contributed by atoms with Crippen molar-refractivity contribution in [2.75, 3.05) is 5.32 Å². The van der Waals surface area contributed by atoms with Gasteiger partial charge in [0.25, 0.3) is 11.5 Å². The molecule has 0 aliphatic carbocycles. The predicted octanol–water partition coefficient (Wildman–Crippen LogP) is 4.33. The average Bonchev–Trinajstić information content (AvgIpc) is 2.63. The van der Waals surface area contributed by atoms with Gasteiger partial charge in [-0.1, -0.05) is 31.5 Å². The molecule has 1 amide bonds. The molecule has 6 heteroatoms. The third-order valence-corrected chi connectivity index (χ3v) is 4.15. The monoisotopic (exact) mass is 356 g/mol. The number of halogens is 2. The van der Waals surface area contributed by atoms with Gasteiger partial charge < -0.3 is 9.88 Å². The maximum Gasteiger partial charge on any atom is 0.272 e. The van der Waals surface area contributed by atoms with Crippen LogP contribution >= 0.6 is 0 Å². The molecule has 0 spiro atoms. The van der Waals surface area contributed by atoms with Crippen LogP contribution in [0.5, 0.6) is 0 Å². The van der Waals surface area contributed by atoms with Crippen molar-refractivity contribution in [1.82, 2.24) is 4.57 Å². The number of nitrogens with one attached hydrogen (secondary N) is 1. The third-order valence-electron chi connectivity index (χ3n) is 4.15. The minimum absolute atomic E-state index is 0.0521. The quantitative estimate of drug-likeness (QED) is 0.740. The number of carbonyl (C=O) groups excluding carboxylic acids is 1. The number of aromatic nitrogens is 1. The van der Waals surface area contributed by atoms with Crippen LogP contribution in [0.4, 0.5) is 14.5 Å². The Labute approximate surface area is 149 Å². The summed E-state index contributed by atoms with van der Waals surface area (Å²) < 4.78 is 28.5. The van der Waals surface area contributed by atoms with E-state index in [1.807, 2.05) is 13.0 Å². The SMILES string of the molecule is CCCCn1c(C(=O)Nc2ccccc2)cc2cc(F)c(F)cc2c1=O. The molecule has 4 nitrogen and oxygen atoms in total. The van der Waals surface area contributed by atoms with Crippen LogP contribution < -0.4 is 10.9 Å². The Morgan fingerprint density at radius 2 is 1.77 bits per heavy atom. The molecule has 0 atom stereocenters. The van der Waals surface area contributed by atoms with E-state index < -0.39 is 23.1 Å². The molecule has 3 aromatic rings. The van der Waals surface area contributed by atoms with Gasteiger partial charge in [0.05, 0.1) is 5.39 Å². The summed E-state index contributed by atoms with van der Waals surface area (Å²) in [6.07, 6.45) is 1.50. The van der Waals surface area contributed by atoms with Crippen molar-refractivity contribution in [3.8, 4) is 0 Å². The predicted molar refractivity (Wildman–Crippen MR) is 97.4 cm³/mol. The number of fused-ring (bicyclic) bond motifs is 1. The first-order valence-corrected chi connectivity index (χ1v) is 8.40. The number of hydrogen-bond acceptors (Lipinski definition) is 2. The average molecular weight is 356 g/mol. The van der Waals surface area contributed by atoms with Gasteiger partial charge >= 0.3 is 0 Å². The van der Waals surface area contributed by atoms with Gasteiger partial charge in [0, 0.05) is 12.2 Å². The van der Waals surface area contributed by atoms with Crippen LogP contribution in [0.25, 0.3) is 10.8 Å². The van der Waals surface area contributed by atoms with Crippen molar-refractivity contribution in [3.05, 3.63) is 76.2 Å². The third kappa shape index (κ3) is 3.49. The van der Waals surface area contributed by atoms with Crippen LogP contribution in [0.1, 0.15) is 30.3 Å². The van der Waals surface area contributed by atoms with Gasteiger partial charge in [0.15, 0.2) is 11.6 Å². The number of benzene rings is 2. The minimum Gasteiger partial charge on any atom is -0.321 e. The lowest BCUT2D eigenvalue weighted by atomic mass is 10.1. The van der Waals surface area contributed by atoms with E-state index in [1.165, 1.54) is 10.6 Å². The molecule has 1 aromatic heterocycles. The Bertz CT molecular complexity index is 1010. The number of rotatable bonds is 5. The van der Waals surface area contributed by atoms with E-state index >= 15 is 0 Å². The minimum atomic E-state index is -1.09. The standard InChI is InChI=1S/C20H18F2N2O2/c1-2-3-9-24-18(19(25)23-14-7-5-4-6-8-14)11-13-10-16(21)17(22)12-15(13)20(24)26/h4-8,10-12H,2-3,9H2,1H3,(H,23,25). The Morgan fingerprint density at radius 1 is 1.08 bits per heavy atom. The zero-order valence-corrected chi connectivity index (χ0v) is 14.3. The van der Waals surface area contributed by atoms with E-state index in [1.54, 1.807) is 24.3 Å². The molecule has 3 rings (SSSR count). The summed E-state index contributed by atoms with van der Waals surface area (Å²) in [6.45, 7) is 2.28. The Hall–Kier alpha value is -3.02. The zero-order chi connectivity index (χ0) is 18.7. The van der Waals surface area contributed by atoms with Gasteiger partial charge in [0.1, 0.15) is 5.69 Å². The molecular weight excluding hydrogens is 338 g/mol. The lowest BCUT2D eigenvalue weighted by Gasteiger charge is -2.14. The molecule has 134 valence electrons. The van der Waals surface area contributed by atoms with Gasteiger partial charge in [-0.3, -0.25) is 9.59 Å². The van der Waals surface area contributed by atoms with Crippen LogP contribution in [0.2, 0.25) is 0 Å². The first-order chi connectivity index (χ1) is 12.5. The zero-order valence-electron chi connectivity index (χ0n) is 14.3. The molecule has 0 radical (unpaired) electrons. The molecule has 26 heavy (non-hydrogen) atoms. The number of amides is 1. The van der Waals surface area contributed by atoms with Crippen molar-refractivity contribution in [3.63, 3.8) is 0 Å². The summed E-state index contributed by atoms with van der Waals surface area (Å²) in [4.78, 5) is 25.5. The summed E-state index contributed by atoms with van der Waals surface area (Å²) in [5, 5.41) is 2.97. The Morgan fingerprint density at radius 3 is 2.46 bits per heavy atom. The molecule has 1 heterocycles. The first kappa shape index (κ1) is 17.8. The van der Waals surface area contributed by atoms with Crippen LogP contribution in [0.15, 0.2) is 53.3 Å². The van der Waals surface area contributed by atoms with Crippen molar-refractivity contribution in [1.29, 1.82) is 0 Å². The number of unbranched alkanes of at least 4 members (excludes halogenated alkanes) is 1. The summed E-state index contributed by atoms with van der Waals surface area (Å²) in [7, 11) is 0. The van der Waals surface area contributed by atoms with Gasteiger partial charge in [-0.15, -0.1) is 0 Å². The molecule has 0 unspecified atom stereocenters. The maximum atomic E-state index is 13.6. The number of carbonyl (C=O) groups is 1. The molecule has 0 saturated heterocycles. The molecule has 2 aromatic carbocycles. The fourth-order valence-electron chi connectivity index (χ4n) is 2.79. The summed E-state index contributed by atoms with van der Waals surface area (Å²) >= 11 is 0. The molecule has 0 aliphatic heterocycles. The molecule has 0 bridgehead atoms. The molecule has 0 aliphatic rings. The summed E-state index contributed by atoms with van der Waals surface area (Å²) in [6, 6.07) is 12.1. The van der Waals surface area contributed by atoms with Crippen LogP contribution in [-0.4, -0.2) is 10.5 Å². The summed E-state index contributed by atoms with van der Waals surface area (Å²) in [5.41, 5.74) is 0.191. The smallest absolute Gasteiger partial charge is 0.272 e. The molecule has 1 N–H and O–H groups in total. The van der Waals surface area contributed by atoms with E-state index in [2.05, 4.69) is 5.32 Å². The lowest BCUT2D eigenvalue weighted by Crippen LogP contribution is -2.29. The maximum absolute atomic E-state index is 13.6. The van der Waals surface area contributed by atoms with E-state index in [9.17, 15) is 18.4 Å². The molecule has 0 saturated carbocycles. The van der Waals surface area contributed by atoms with Crippen molar-refractivity contribution in [2.45, 2.75) is 26.3 Å². The van der Waals surface area contributed by atoms with Gasteiger partial charge in [0.2, 0.25) is 0 Å². The second-order valence-corrected chi connectivity index (χ2v) is 6.01. The van der Waals surface area contributed by atoms with Crippen LogP contribution in [0, 0.1) is 11.6 Å². The largest absolute Gasteiger partial charge is 0.321 e. The highest BCUT2D eigenvalue weighted by atomic mass is 19.2. The highest BCUT2D eigenvalue weighted by Crippen LogP contribution is 2.18. The number of nitrogens with zero attached hydrogens (tertiary/aromatic N) is 1. The fourth-order valence-corrected chi connectivity index (χ4v) is 2.79. The Balaban J connectivity index is 2.13. The van der Waals surface area contributed by atoms with E-state index in [0.29, 0.717) is 18.7 Å². The number of hydrogen-bond donors (Lipinski definition) is 1. The topological polar surface area (TPSA) is 51.1 Å². The van der Waals surface area contributed by atoms with E-state index in [-0.39, 0.29) is 16.5 Å². The van der Waals surface area contributed by atoms with Crippen LogP contribution in [0.3, 0.4) is 0 Å². The molecule has 0 fully saturated rings. The van der Waals surface area contributed by atoms with Crippen molar-refractivity contribution < 1.29 is 13.6 Å². The van der Waals surface area contributed by atoms with Crippen molar-refractivity contribution in [2.24, 2.45) is 0 Å². The van der Waals surface area contributed by atoms with Crippen LogP contribution in [-0.2, 0) is 6.54 Å². The van der Waals surface area contributed by atoms with E-state index in [0.717, 1.165) is 18.6 Å². The second kappa shape index (κ2) is 7.47. The Kier molecular flexibility index (Phi) is 5.11. The van der Waals surface area contributed by atoms with Crippen molar-refractivity contribution >= 4 is 22.4 Å². The fraction of sp³-hybridized carbons (Fsp3) is 0.200. The second-order valence-electron chi connectivity index (χ2n) is 6.01. The number of pyridine rings is 1. The van der Waals surface area contributed by atoms with Gasteiger partial charge in [-0.25, -0.2) is 8.78 Å². The highest BCUT2D eigenvalue weighted by Gasteiger charge is 2.17. The normalized spacial score (nSPS) is 10.9. The van der Waals surface area contributed by atoms with E-state index in [4.69, 9.17) is 0 Å². The number of anilines is 1. The first-order valence-electron chi connectivity index (χ1n) is 8.40. The molecular formula is C20H18F2N2O2. The van der Waals surface area contributed by atoms with Gasteiger partial charge in [-0.05, 0) is 42.1 Å². The number of para-hydroxylation sites is 1. The summed E-state index contributed by atoms with van der Waals surface area (Å²) in [5.74, 6) is -2.62. The van der Waals surface area contributed by atoms with Gasteiger partial charge in [-0.2, -0.15) is 0 Å². The lowest BCUT2D eigenvalue weighted by molar-refractivity contribution is 0.101.